The Kier molecular flexibility index (Phi) is 5.28. The van der Waals surface area contributed by atoms with Crippen molar-refractivity contribution in [3.8, 4) is 0 Å². The Morgan fingerprint density at radius 2 is 2.19 bits per heavy atom. The quantitative estimate of drug-likeness (QED) is 0.633. The van der Waals surface area contributed by atoms with Crippen LogP contribution in [0.1, 0.15) is 13.8 Å². The summed E-state index contributed by atoms with van der Waals surface area (Å²) in [4.78, 5) is 15.6. The number of aromatic nitrogens is 1. The largest absolute Gasteiger partial charge is 0.469 e. The smallest absolute Gasteiger partial charge is 0.309 e. The lowest BCUT2D eigenvalue weighted by atomic mass is 10.1. The minimum atomic E-state index is -0.183. The van der Waals surface area contributed by atoms with Gasteiger partial charge in [0.2, 0.25) is 0 Å². The van der Waals surface area contributed by atoms with E-state index in [4.69, 9.17) is 4.74 Å². The van der Waals surface area contributed by atoms with Gasteiger partial charge in [0.25, 0.3) is 0 Å². The second kappa shape index (κ2) is 6.25. The molecular formula is C11H14BrNO2S. The molecule has 5 heteroatoms. The van der Waals surface area contributed by atoms with Crippen LogP contribution in [0.5, 0.6) is 0 Å². The average Bonchev–Trinajstić information content (AvgIpc) is 2.30. The van der Waals surface area contributed by atoms with Crippen molar-refractivity contribution in [2.75, 3.05) is 7.11 Å². The predicted octanol–water partition coefficient (Wildman–Crippen LogP) is 3.13. The number of hydrogen-bond donors (Lipinski definition) is 0. The lowest BCUT2D eigenvalue weighted by Crippen LogP contribution is -2.21. The Morgan fingerprint density at radius 3 is 2.69 bits per heavy atom. The minimum absolute atomic E-state index is 0.138. The van der Waals surface area contributed by atoms with E-state index in [1.807, 2.05) is 26.0 Å². The van der Waals surface area contributed by atoms with Crippen LogP contribution in [0.3, 0.4) is 0 Å². The molecule has 0 N–H and O–H groups in total. The van der Waals surface area contributed by atoms with Crippen molar-refractivity contribution < 1.29 is 9.53 Å². The number of ether oxygens (including phenoxy) is 1. The number of hydrogen-bond acceptors (Lipinski definition) is 4. The lowest BCUT2D eigenvalue weighted by molar-refractivity contribution is -0.144. The molecule has 88 valence electrons. The number of pyridine rings is 1. The molecule has 2 unspecified atom stereocenters. The maximum Gasteiger partial charge on any atom is 0.309 e. The van der Waals surface area contributed by atoms with Crippen molar-refractivity contribution in [1.82, 2.24) is 4.98 Å². The van der Waals surface area contributed by atoms with Crippen molar-refractivity contribution in [3.63, 3.8) is 0 Å². The summed E-state index contributed by atoms with van der Waals surface area (Å²) in [5.41, 5.74) is 0. The summed E-state index contributed by atoms with van der Waals surface area (Å²) in [7, 11) is 1.41. The maximum absolute atomic E-state index is 11.3. The summed E-state index contributed by atoms with van der Waals surface area (Å²) in [6.45, 7) is 3.86. The molecule has 1 aromatic rings. The summed E-state index contributed by atoms with van der Waals surface area (Å²) in [6.07, 6.45) is 1.75. The first kappa shape index (κ1) is 13.5. The summed E-state index contributed by atoms with van der Waals surface area (Å²) in [5.74, 6) is -0.322. The highest BCUT2D eigenvalue weighted by Crippen LogP contribution is 2.27. The van der Waals surface area contributed by atoms with Crippen molar-refractivity contribution in [2.24, 2.45) is 5.92 Å². The van der Waals surface area contributed by atoms with E-state index in [2.05, 4.69) is 20.9 Å². The maximum atomic E-state index is 11.3. The van der Waals surface area contributed by atoms with Gasteiger partial charge < -0.3 is 4.74 Å². The van der Waals surface area contributed by atoms with Gasteiger partial charge in [0.15, 0.2) is 0 Å². The van der Waals surface area contributed by atoms with Crippen molar-refractivity contribution in [1.29, 1.82) is 0 Å². The standard InChI is InChI=1S/C11H14BrNO2S/c1-7(11(14)15-3)8(2)16-10-5-4-9(12)6-13-10/h4-8H,1-3H3. The Labute approximate surface area is 108 Å². The molecule has 1 aromatic heterocycles. The van der Waals surface area contributed by atoms with Gasteiger partial charge in [-0.3, -0.25) is 4.79 Å². The van der Waals surface area contributed by atoms with Crippen LogP contribution in [-0.4, -0.2) is 23.3 Å². The molecule has 0 aliphatic heterocycles. The number of halogens is 1. The number of esters is 1. The number of nitrogens with zero attached hydrogens (tertiary/aromatic N) is 1. The molecule has 0 radical (unpaired) electrons. The highest BCUT2D eigenvalue weighted by atomic mass is 79.9. The van der Waals surface area contributed by atoms with Gasteiger partial charge in [-0.25, -0.2) is 4.98 Å². The average molecular weight is 304 g/mol. The molecule has 0 fully saturated rings. The Hall–Kier alpha value is -0.550. The lowest BCUT2D eigenvalue weighted by Gasteiger charge is -2.16. The third kappa shape index (κ3) is 3.79. The predicted molar refractivity (Wildman–Crippen MR) is 68.4 cm³/mol. The third-order valence-electron chi connectivity index (χ3n) is 2.28. The van der Waals surface area contributed by atoms with E-state index in [0.29, 0.717) is 0 Å². The van der Waals surface area contributed by atoms with Gasteiger partial charge in [-0.1, -0.05) is 13.8 Å². The fourth-order valence-corrected chi connectivity index (χ4v) is 2.29. The van der Waals surface area contributed by atoms with E-state index >= 15 is 0 Å². The zero-order valence-corrected chi connectivity index (χ0v) is 11.8. The molecular weight excluding hydrogens is 290 g/mol. The van der Waals surface area contributed by atoms with E-state index in [1.165, 1.54) is 7.11 Å². The van der Waals surface area contributed by atoms with Crippen LogP contribution < -0.4 is 0 Å². The highest BCUT2D eigenvalue weighted by Gasteiger charge is 2.21. The first-order chi connectivity index (χ1) is 7.54. The van der Waals surface area contributed by atoms with Gasteiger partial charge >= 0.3 is 5.97 Å². The summed E-state index contributed by atoms with van der Waals surface area (Å²) < 4.78 is 5.66. The van der Waals surface area contributed by atoms with E-state index in [1.54, 1.807) is 18.0 Å². The molecule has 2 atom stereocenters. The highest BCUT2D eigenvalue weighted by molar-refractivity contribution is 9.10. The molecule has 0 amide bonds. The molecule has 3 nitrogen and oxygen atoms in total. The second-order valence-electron chi connectivity index (χ2n) is 3.45. The second-order valence-corrected chi connectivity index (χ2v) is 5.76. The fraction of sp³-hybridized carbons (Fsp3) is 0.455. The molecule has 0 aliphatic carbocycles. The van der Waals surface area contributed by atoms with Gasteiger partial charge in [-0.15, -0.1) is 11.8 Å². The van der Waals surface area contributed by atoms with Gasteiger partial charge in [-0.2, -0.15) is 0 Å². The molecule has 0 saturated heterocycles. The molecule has 0 aliphatic rings. The number of methoxy groups -OCH3 is 1. The summed E-state index contributed by atoms with van der Waals surface area (Å²) in [5, 5.41) is 1.05. The Balaban J connectivity index is 2.60. The molecule has 1 heterocycles. The molecule has 16 heavy (non-hydrogen) atoms. The van der Waals surface area contributed by atoms with Gasteiger partial charge in [0, 0.05) is 15.9 Å². The third-order valence-corrected chi connectivity index (χ3v) is 4.02. The van der Waals surface area contributed by atoms with Gasteiger partial charge in [0.1, 0.15) is 0 Å². The monoisotopic (exact) mass is 303 g/mol. The number of carbonyl (C=O) groups is 1. The zero-order valence-electron chi connectivity index (χ0n) is 9.44. The van der Waals surface area contributed by atoms with Crippen LogP contribution in [0.25, 0.3) is 0 Å². The SMILES string of the molecule is COC(=O)C(C)C(C)Sc1ccc(Br)cn1. The van der Waals surface area contributed by atoms with Crippen LogP contribution >= 0.6 is 27.7 Å². The summed E-state index contributed by atoms with van der Waals surface area (Å²) in [6, 6.07) is 3.86. The molecule has 0 bridgehead atoms. The van der Waals surface area contributed by atoms with E-state index in [-0.39, 0.29) is 17.1 Å². The van der Waals surface area contributed by atoms with Crippen LogP contribution in [-0.2, 0) is 9.53 Å². The molecule has 1 rings (SSSR count). The first-order valence-corrected chi connectivity index (χ1v) is 6.58. The van der Waals surface area contributed by atoms with E-state index in [9.17, 15) is 4.79 Å². The topological polar surface area (TPSA) is 39.2 Å². The first-order valence-electron chi connectivity index (χ1n) is 4.90. The van der Waals surface area contributed by atoms with E-state index < -0.39 is 0 Å². The molecule has 0 aromatic carbocycles. The van der Waals surface area contributed by atoms with Crippen LogP contribution in [0.2, 0.25) is 0 Å². The normalized spacial score (nSPS) is 14.2. The minimum Gasteiger partial charge on any atom is -0.469 e. The van der Waals surface area contributed by atoms with Gasteiger partial charge in [0.05, 0.1) is 18.1 Å². The van der Waals surface area contributed by atoms with Crippen LogP contribution in [0.4, 0.5) is 0 Å². The van der Waals surface area contributed by atoms with Crippen LogP contribution in [0, 0.1) is 5.92 Å². The Bertz CT molecular complexity index is 356. The summed E-state index contributed by atoms with van der Waals surface area (Å²) >= 11 is 4.90. The van der Waals surface area contributed by atoms with Crippen molar-refractivity contribution in [2.45, 2.75) is 24.1 Å². The van der Waals surface area contributed by atoms with Crippen LogP contribution in [0.15, 0.2) is 27.8 Å². The Morgan fingerprint density at radius 1 is 1.50 bits per heavy atom. The molecule has 0 spiro atoms. The van der Waals surface area contributed by atoms with Gasteiger partial charge in [-0.05, 0) is 28.1 Å². The van der Waals surface area contributed by atoms with Crippen molar-refractivity contribution >= 4 is 33.7 Å². The van der Waals surface area contributed by atoms with E-state index in [0.717, 1.165) is 9.50 Å². The number of thioether (sulfide) groups is 1. The van der Waals surface area contributed by atoms with Crippen molar-refractivity contribution in [3.05, 3.63) is 22.8 Å². The zero-order chi connectivity index (χ0) is 12.1. The fourth-order valence-electron chi connectivity index (χ4n) is 1.10. The number of carbonyl (C=O) groups excluding carboxylic acids is 1. The molecule has 0 saturated carbocycles. The number of rotatable bonds is 4.